The van der Waals surface area contributed by atoms with Crippen LogP contribution in [0.25, 0.3) is 0 Å². The van der Waals surface area contributed by atoms with Crippen molar-refractivity contribution >= 4 is 69.6 Å². The van der Waals surface area contributed by atoms with Crippen LogP contribution in [0.15, 0.2) is 18.2 Å². The third-order valence-electron chi connectivity index (χ3n) is 2.24. The molecule has 9 heteroatoms. The van der Waals surface area contributed by atoms with Crippen molar-refractivity contribution in [1.29, 1.82) is 16.1 Å². The van der Waals surface area contributed by atoms with Crippen LogP contribution in [-0.2, 0) is 13.1 Å². The van der Waals surface area contributed by atoms with Gasteiger partial charge in [-0.1, -0.05) is 18.2 Å². The second kappa shape index (κ2) is 11.0. The molecule has 5 nitrogen and oxygen atoms in total. The molecule has 0 amide bonds. The first-order chi connectivity index (χ1) is 8.54. The van der Waals surface area contributed by atoms with Gasteiger partial charge in [0.25, 0.3) is 0 Å². The first-order valence-electron chi connectivity index (χ1n) is 5.08. The summed E-state index contributed by atoms with van der Waals surface area (Å²) in [6.07, 6.45) is 0. The van der Waals surface area contributed by atoms with Crippen LogP contribution < -0.4 is 10.6 Å². The molecule has 0 saturated heterocycles. The molecule has 0 aromatic heterocycles. The zero-order valence-corrected chi connectivity index (χ0v) is 15.5. The highest BCUT2D eigenvalue weighted by molar-refractivity contribution is 8.93. The summed E-state index contributed by atoms with van der Waals surface area (Å²) in [6.45, 7) is 0.745. The summed E-state index contributed by atoms with van der Waals surface area (Å²) in [5.74, 6) is 0. The van der Waals surface area contributed by atoms with Crippen LogP contribution in [0.3, 0.4) is 0 Å². The number of nitriles is 1. The minimum absolute atomic E-state index is 0. The Kier molecular flexibility index (Phi) is 11.9. The Morgan fingerprint density at radius 2 is 1.45 bits per heavy atom. The number of hydrogen-bond acceptors (Lipinski definition) is 3. The Morgan fingerprint density at radius 1 is 1.05 bits per heavy atom. The molecular formula is C11H15Br2N5S2. The summed E-state index contributed by atoms with van der Waals surface area (Å²) in [7, 11) is 0. The van der Waals surface area contributed by atoms with Crippen LogP contribution in [0.1, 0.15) is 16.7 Å². The molecule has 0 fully saturated rings. The predicted octanol–water partition coefficient (Wildman–Crippen LogP) is 2.62. The molecular weight excluding hydrogens is 426 g/mol. The van der Waals surface area contributed by atoms with E-state index in [0.29, 0.717) is 18.7 Å². The summed E-state index contributed by atoms with van der Waals surface area (Å²) >= 11 is 7.65. The lowest BCUT2D eigenvalue weighted by Crippen LogP contribution is -2.20. The fourth-order valence-corrected chi connectivity index (χ4v) is 1.61. The van der Waals surface area contributed by atoms with Crippen molar-refractivity contribution in [2.24, 2.45) is 0 Å². The number of hydrogen-bond donors (Lipinski definition) is 6. The van der Waals surface area contributed by atoms with Gasteiger partial charge in [-0.25, -0.2) is 0 Å². The summed E-state index contributed by atoms with van der Waals surface area (Å²) in [4.78, 5) is 0. The van der Waals surface area contributed by atoms with Gasteiger partial charge in [0.15, 0.2) is 10.3 Å². The van der Waals surface area contributed by atoms with Gasteiger partial charge in [0, 0.05) is 13.1 Å². The highest BCUT2D eigenvalue weighted by atomic mass is 79.9. The molecule has 0 unspecified atom stereocenters. The molecule has 1 aromatic carbocycles. The summed E-state index contributed by atoms with van der Waals surface area (Å²) in [6, 6.07) is 7.61. The van der Waals surface area contributed by atoms with Crippen molar-refractivity contribution in [3.05, 3.63) is 34.9 Å². The fraction of sp³-hybridized carbons (Fsp3) is 0.182. The quantitative estimate of drug-likeness (QED) is 0.247. The zero-order chi connectivity index (χ0) is 13.5. The van der Waals surface area contributed by atoms with Gasteiger partial charge in [0.1, 0.15) is 0 Å². The van der Waals surface area contributed by atoms with E-state index in [2.05, 4.69) is 42.0 Å². The van der Waals surface area contributed by atoms with Gasteiger partial charge in [0.2, 0.25) is 0 Å². The number of rotatable bonds is 4. The van der Waals surface area contributed by atoms with Crippen LogP contribution >= 0.6 is 59.2 Å². The Balaban J connectivity index is 0. The monoisotopic (exact) mass is 439 g/mol. The number of thiol groups is 2. The lowest BCUT2D eigenvalue weighted by molar-refractivity contribution is 0.887. The van der Waals surface area contributed by atoms with Crippen molar-refractivity contribution in [3.8, 4) is 6.07 Å². The van der Waals surface area contributed by atoms with Crippen LogP contribution in [0, 0.1) is 22.1 Å². The summed E-state index contributed by atoms with van der Waals surface area (Å²) in [5.41, 5.74) is 2.13. The number of nitrogens with zero attached hydrogens (tertiary/aromatic N) is 1. The van der Waals surface area contributed by atoms with Crippen molar-refractivity contribution < 1.29 is 0 Å². The molecule has 0 spiro atoms. The molecule has 110 valence electrons. The average Bonchev–Trinajstić information content (AvgIpc) is 2.33. The van der Waals surface area contributed by atoms with Gasteiger partial charge >= 0.3 is 0 Å². The molecule has 0 heterocycles. The molecule has 0 radical (unpaired) electrons. The fourth-order valence-electron chi connectivity index (χ4n) is 1.45. The van der Waals surface area contributed by atoms with E-state index in [1.807, 2.05) is 18.2 Å². The lowest BCUT2D eigenvalue weighted by atomic mass is 10.0. The Labute approximate surface area is 149 Å². The maximum absolute atomic E-state index is 9.18. The average molecular weight is 441 g/mol. The SMILES string of the molecule is Br.Br.N#Cc1c(CNC(=N)S)cccc1CNC(=N)S. The predicted molar refractivity (Wildman–Crippen MR) is 98.9 cm³/mol. The standard InChI is InChI=1S/C11H13N5S2.2BrH/c12-4-9-7(5-15-10(13)17)2-1-3-8(9)6-16-11(14)18;;/h1-3H,5-6H2,(H3,13,15,17)(H3,14,16,18);2*1H. The maximum atomic E-state index is 9.18. The normalized spacial score (nSPS) is 8.45. The minimum atomic E-state index is 0. The number of amidine groups is 2. The van der Waals surface area contributed by atoms with E-state index in [1.54, 1.807) is 0 Å². The van der Waals surface area contributed by atoms with E-state index in [-0.39, 0.29) is 44.3 Å². The van der Waals surface area contributed by atoms with Crippen LogP contribution in [-0.4, -0.2) is 10.3 Å². The Morgan fingerprint density at radius 3 is 1.75 bits per heavy atom. The van der Waals surface area contributed by atoms with Crippen molar-refractivity contribution in [3.63, 3.8) is 0 Å². The van der Waals surface area contributed by atoms with Crippen molar-refractivity contribution in [1.82, 2.24) is 10.6 Å². The number of nitrogens with one attached hydrogen (secondary N) is 4. The van der Waals surface area contributed by atoms with Gasteiger partial charge in [-0.15, -0.1) is 59.2 Å². The molecule has 0 atom stereocenters. The minimum Gasteiger partial charge on any atom is -0.361 e. The zero-order valence-electron chi connectivity index (χ0n) is 10.3. The second-order valence-corrected chi connectivity index (χ2v) is 4.36. The van der Waals surface area contributed by atoms with Crippen molar-refractivity contribution in [2.75, 3.05) is 0 Å². The molecule has 4 N–H and O–H groups in total. The summed E-state index contributed by atoms with van der Waals surface area (Å²) < 4.78 is 0. The van der Waals surface area contributed by atoms with E-state index in [9.17, 15) is 5.26 Å². The molecule has 0 aliphatic rings. The molecule has 0 aliphatic carbocycles. The van der Waals surface area contributed by atoms with Gasteiger partial charge < -0.3 is 10.6 Å². The summed E-state index contributed by atoms with van der Waals surface area (Å²) in [5, 5.41) is 29.1. The highest BCUT2D eigenvalue weighted by Crippen LogP contribution is 2.14. The van der Waals surface area contributed by atoms with Gasteiger partial charge in [-0.2, -0.15) is 5.26 Å². The molecule has 0 bridgehead atoms. The smallest absolute Gasteiger partial charge is 0.150 e. The second-order valence-electron chi connectivity index (χ2n) is 3.47. The van der Waals surface area contributed by atoms with E-state index in [1.165, 1.54) is 0 Å². The Hall–Kier alpha value is -0.690. The van der Waals surface area contributed by atoms with Crippen molar-refractivity contribution in [2.45, 2.75) is 13.1 Å². The number of halogens is 2. The van der Waals surface area contributed by atoms with Gasteiger partial charge in [-0.3, -0.25) is 10.8 Å². The largest absolute Gasteiger partial charge is 0.361 e. The maximum Gasteiger partial charge on any atom is 0.150 e. The molecule has 1 aromatic rings. The van der Waals surface area contributed by atoms with E-state index in [4.69, 9.17) is 10.8 Å². The lowest BCUT2D eigenvalue weighted by Gasteiger charge is -2.10. The van der Waals surface area contributed by atoms with Gasteiger partial charge in [0.05, 0.1) is 11.6 Å². The molecule has 0 aliphatic heterocycles. The number of benzene rings is 1. The molecule has 1 rings (SSSR count). The van der Waals surface area contributed by atoms with Gasteiger partial charge in [-0.05, 0) is 11.1 Å². The Bertz CT molecular complexity index is 480. The first-order valence-corrected chi connectivity index (χ1v) is 5.97. The molecule has 0 saturated carbocycles. The topological polar surface area (TPSA) is 95.6 Å². The highest BCUT2D eigenvalue weighted by Gasteiger charge is 2.07. The van der Waals surface area contributed by atoms with E-state index < -0.39 is 0 Å². The third-order valence-corrected chi connectivity index (χ3v) is 2.56. The van der Waals surface area contributed by atoms with Crippen LogP contribution in [0.4, 0.5) is 0 Å². The first kappa shape index (κ1) is 21.6. The van der Waals surface area contributed by atoms with Crippen LogP contribution in [0.5, 0.6) is 0 Å². The molecule has 20 heavy (non-hydrogen) atoms. The van der Waals surface area contributed by atoms with Crippen LogP contribution in [0.2, 0.25) is 0 Å². The van der Waals surface area contributed by atoms with E-state index in [0.717, 1.165) is 11.1 Å². The van der Waals surface area contributed by atoms with E-state index >= 15 is 0 Å². The third kappa shape index (κ3) is 7.19.